The summed E-state index contributed by atoms with van der Waals surface area (Å²) in [5.41, 5.74) is -2.91. The fourth-order valence-corrected chi connectivity index (χ4v) is 2.42. The summed E-state index contributed by atoms with van der Waals surface area (Å²) in [4.78, 5) is 15.3. The molecule has 0 saturated carbocycles. The van der Waals surface area contributed by atoms with Crippen molar-refractivity contribution in [3.8, 4) is 5.06 Å². The lowest BCUT2D eigenvalue weighted by molar-refractivity contribution is -0.192. The van der Waals surface area contributed by atoms with Crippen LogP contribution in [-0.4, -0.2) is 22.2 Å². The monoisotopic (exact) mass is 317 g/mol. The molecule has 2 heterocycles. The Labute approximate surface area is 121 Å². The molecule has 0 spiro atoms. The summed E-state index contributed by atoms with van der Waals surface area (Å²) in [6.45, 7) is 0. The average Bonchev–Trinajstić information content (AvgIpc) is 2.90. The van der Waals surface area contributed by atoms with Crippen molar-refractivity contribution in [2.45, 2.75) is 18.2 Å². The van der Waals surface area contributed by atoms with Gasteiger partial charge >= 0.3 is 12.1 Å². The van der Waals surface area contributed by atoms with Crippen LogP contribution in [0.1, 0.15) is 12.1 Å². The van der Waals surface area contributed by atoms with Gasteiger partial charge in [-0.2, -0.15) is 13.2 Å². The lowest BCUT2D eigenvalue weighted by atomic mass is 9.94. The fraction of sp³-hybridized carbons (Fsp3) is 0.231. The molecule has 0 fully saturated rings. The predicted molar refractivity (Wildman–Crippen MR) is 69.2 cm³/mol. The molecule has 112 valence electrons. The maximum absolute atomic E-state index is 12.9. The van der Waals surface area contributed by atoms with Crippen LogP contribution in [0.2, 0.25) is 0 Å². The molecule has 0 amide bonds. The van der Waals surface area contributed by atoms with E-state index in [0.29, 0.717) is 0 Å². The van der Waals surface area contributed by atoms with Crippen molar-refractivity contribution in [3.63, 3.8) is 0 Å². The molecule has 0 bridgehead atoms. The van der Waals surface area contributed by atoms with Crippen molar-refractivity contribution in [1.29, 1.82) is 0 Å². The number of aromatic nitrogens is 1. The van der Waals surface area contributed by atoms with Crippen molar-refractivity contribution >= 4 is 17.3 Å². The van der Waals surface area contributed by atoms with Crippen LogP contribution in [0.25, 0.3) is 0 Å². The third-order valence-electron chi connectivity index (χ3n) is 2.64. The molecule has 1 unspecified atom stereocenters. The number of hydrogen-bond acceptors (Lipinski definition) is 4. The number of aliphatic carboxylic acids is 1. The highest BCUT2D eigenvalue weighted by Gasteiger charge is 2.53. The molecule has 0 aliphatic heterocycles. The smallest absolute Gasteiger partial charge is 0.393 e. The van der Waals surface area contributed by atoms with Gasteiger partial charge in [-0.1, -0.05) is 6.07 Å². The molecule has 2 aromatic heterocycles. The fourth-order valence-electron chi connectivity index (χ4n) is 1.78. The first kappa shape index (κ1) is 15.3. The minimum Gasteiger partial charge on any atom is -0.478 e. The summed E-state index contributed by atoms with van der Waals surface area (Å²) >= 11 is 1.01. The molecule has 0 aliphatic rings. The van der Waals surface area contributed by atoms with Gasteiger partial charge < -0.3 is 9.84 Å². The van der Waals surface area contributed by atoms with Gasteiger partial charge in [-0.25, -0.2) is 4.79 Å². The van der Waals surface area contributed by atoms with Crippen LogP contribution in [0, 0.1) is 0 Å². The van der Waals surface area contributed by atoms with Crippen LogP contribution in [0.5, 0.6) is 5.06 Å². The Morgan fingerprint density at radius 1 is 1.29 bits per heavy atom. The number of carboxylic acid groups (broad SMARTS) is 1. The molecular formula is C13H10F3NO3S. The quantitative estimate of drug-likeness (QED) is 0.917. The first-order chi connectivity index (χ1) is 9.83. The SMILES string of the molecule is O=C(O)C(CC(F)(F)F)(Oc1cccs1)c1ccccn1. The minimum atomic E-state index is -4.73. The highest BCUT2D eigenvalue weighted by Crippen LogP contribution is 2.39. The second-order valence-corrected chi connectivity index (χ2v) is 5.08. The average molecular weight is 317 g/mol. The molecule has 8 heteroatoms. The molecule has 2 rings (SSSR count). The number of thiophene rings is 1. The maximum Gasteiger partial charge on any atom is 0.393 e. The van der Waals surface area contributed by atoms with E-state index in [1.807, 2.05) is 0 Å². The summed E-state index contributed by atoms with van der Waals surface area (Å²) in [6, 6.07) is 7.05. The van der Waals surface area contributed by atoms with Crippen LogP contribution in [0.15, 0.2) is 41.9 Å². The van der Waals surface area contributed by atoms with Crippen LogP contribution >= 0.6 is 11.3 Å². The van der Waals surface area contributed by atoms with Gasteiger partial charge in [0.05, 0.1) is 5.69 Å². The van der Waals surface area contributed by atoms with Gasteiger partial charge in [-0.05, 0) is 29.6 Å². The Morgan fingerprint density at radius 2 is 2.05 bits per heavy atom. The zero-order chi connectivity index (χ0) is 15.5. The van der Waals surface area contributed by atoms with Crippen LogP contribution < -0.4 is 4.74 Å². The first-order valence-corrected chi connectivity index (χ1v) is 6.66. The molecule has 0 radical (unpaired) electrons. The molecule has 1 atom stereocenters. The predicted octanol–water partition coefficient (Wildman–Crippen LogP) is 3.45. The van der Waals surface area contributed by atoms with Crippen LogP contribution in [0.4, 0.5) is 13.2 Å². The van der Waals surface area contributed by atoms with Gasteiger partial charge in [0.15, 0.2) is 5.06 Å². The summed E-state index contributed by atoms with van der Waals surface area (Å²) < 4.78 is 43.8. The summed E-state index contributed by atoms with van der Waals surface area (Å²) in [7, 11) is 0. The largest absolute Gasteiger partial charge is 0.478 e. The number of rotatable bonds is 5. The van der Waals surface area contributed by atoms with E-state index in [4.69, 9.17) is 4.74 Å². The Hall–Kier alpha value is -2.09. The zero-order valence-corrected chi connectivity index (χ0v) is 11.3. The van der Waals surface area contributed by atoms with Crippen LogP contribution in [-0.2, 0) is 10.4 Å². The number of carboxylic acids is 1. The van der Waals surface area contributed by atoms with Gasteiger partial charge in [0, 0.05) is 6.20 Å². The number of alkyl halides is 3. The Morgan fingerprint density at radius 3 is 2.52 bits per heavy atom. The van der Waals surface area contributed by atoms with Crippen molar-refractivity contribution in [2.75, 3.05) is 0 Å². The summed E-state index contributed by atoms with van der Waals surface area (Å²) in [5.74, 6) is -1.74. The molecule has 2 aromatic rings. The highest BCUT2D eigenvalue weighted by atomic mass is 32.1. The van der Waals surface area contributed by atoms with E-state index in [-0.39, 0.29) is 10.8 Å². The second kappa shape index (κ2) is 5.72. The van der Waals surface area contributed by atoms with Gasteiger partial charge in [-0.15, -0.1) is 11.3 Å². The number of halogens is 3. The van der Waals surface area contributed by atoms with Crippen LogP contribution in [0.3, 0.4) is 0 Å². The molecular weight excluding hydrogens is 307 g/mol. The third-order valence-corrected chi connectivity index (χ3v) is 3.39. The molecule has 0 saturated heterocycles. The molecule has 0 aliphatic carbocycles. The van der Waals surface area contributed by atoms with Crippen molar-refractivity contribution in [2.24, 2.45) is 0 Å². The zero-order valence-electron chi connectivity index (χ0n) is 10.5. The lowest BCUT2D eigenvalue weighted by Crippen LogP contribution is -2.45. The standard InChI is InChI=1S/C13H10F3NO3S/c14-13(15,16)8-12(11(18)19,9-4-1-2-6-17-9)20-10-5-3-7-21-10/h1-7H,8H2,(H,18,19). The first-order valence-electron chi connectivity index (χ1n) is 5.78. The normalized spacial score (nSPS) is 14.4. The van der Waals surface area contributed by atoms with E-state index >= 15 is 0 Å². The van der Waals surface area contributed by atoms with Gasteiger partial charge in [0.1, 0.15) is 6.42 Å². The van der Waals surface area contributed by atoms with Gasteiger partial charge in [0.2, 0.25) is 0 Å². The second-order valence-electron chi connectivity index (χ2n) is 4.17. The van der Waals surface area contributed by atoms with Gasteiger partial charge in [0.25, 0.3) is 5.60 Å². The van der Waals surface area contributed by atoms with E-state index in [1.54, 1.807) is 11.4 Å². The van der Waals surface area contributed by atoms with Crippen molar-refractivity contribution in [3.05, 3.63) is 47.6 Å². The lowest BCUT2D eigenvalue weighted by Gasteiger charge is -2.29. The topological polar surface area (TPSA) is 59.4 Å². The van der Waals surface area contributed by atoms with E-state index in [2.05, 4.69) is 4.98 Å². The maximum atomic E-state index is 12.9. The van der Waals surface area contributed by atoms with Crippen molar-refractivity contribution in [1.82, 2.24) is 4.98 Å². The molecule has 4 nitrogen and oxygen atoms in total. The number of nitrogens with zero attached hydrogens (tertiary/aromatic N) is 1. The van der Waals surface area contributed by atoms with E-state index in [0.717, 1.165) is 11.3 Å². The van der Waals surface area contributed by atoms with E-state index in [1.165, 1.54) is 30.5 Å². The van der Waals surface area contributed by atoms with E-state index < -0.39 is 24.2 Å². The number of hydrogen-bond donors (Lipinski definition) is 1. The van der Waals surface area contributed by atoms with Gasteiger partial charge in [-0.3, -0.25) is 4.98 Å². The Balaban J connectivity index is 2.51. The minimum absolute atomic E-state index is 0.0762. The number of pyridine rings is 1. The molecule has 21 heavy (non-hydrogen) atoms. The molecule has 0 aromatic carbocycles. The summed E-state index contributed by atoms with van der Waals surface area (Å²) in [6.07, 6.45) is -5.18. The Bertz CT molecular complexity index is 601. The number of carbonyl (C=O) groups is 1. The highest BCUT2D eigenvalue weighted by molar-refractivity contribution is 7.11. The third kappa shape index (κ3) is 3.52. The van der Waals surface area contributed by atoms with E-state index in [9.17, 15) is 23.1 Å². The molecule has 1 N–H and O–H groups in total. The Kier molecular flexibility index (Phi) is 4.17. The van der Waals surface area contributed by atoms with Crippen molar-refractivity contribution < 1.29 is 27.8 Å². The number of ether oxygens (including phenoxy) is 1. The summed E-state index contributed by atoms with van der Waals surface area (Å²) in [5, 5.41) is 11.0.